The van der Waals surface area contributed by atoms with Gasteiger partial charge in [-0.05, 0) is 17.2 Å². The van der Waals surface area contributed by atoms with Crippen LogP contribution in [0.5, 0.6) is 0 Å². The zero-order chi connectivity index (χ0) is 9.47. The summed E-state index contributed by atoms with van der Waals surface area (Å²) in [5.74, 6) is -1.92. The SMILES string of the molecule is NC1c2ccccc2C=CC1(O)O. The van der Waals surface area contributed by atoms with Crippen molar-refractivity contribution in [3.05, 3.63) is 41.5 Å². The van der Waals surface area contributed by atoms with Gasteiger partial charge in [-0.1, -0.05) is 30.3 Å². The van der Waals surface area contributed by atoms with Gasteiger partial charge in [-0.3, -0.25) is 0 Å². The Balaban J connectivity index is 2.55. The molecule has 2 rings (SSSR count). The van der Waals surface area contributed by atoms with Crippen LogP contribution in [-0.2, 0) is 0 Å². The largest absolute Gasteiger partial charge is 0.361 e. The number of nitrogens with two attached hydrogens (primary N) is 1. The second-order valence-electron chi connectivity index (χ2n) is 3.22. The fourth-order valence-corrected chi connectivity index (χ4v) is 1.49. The van der Waals surface area contributed by atoms with Crippen LogP contribution in [0.4, 0.5) is 0 Å². The molecule has 0 radical (unpaired) electrons. The molecule has 0 aromatic heterocycles. The van der Waals surface area contributed by atoms with Crippen LogP contribution in [0, 0.1) is 0 Å². The molecule has 0 saturated carbocycles. The van der Waals surface area contributed by atoms with Crippen molar-refractivity contribution < 1.29 is 10.2 Å². The minimum atomic E-state index is -1.92. The molecule has 1 aliphatic carbocycles. The van der Waals surface area contributed by atoms with Gasteiger partial charge in [0.25, 0.3) is 0 Å². The molecule has 0 bridgehead atoms. The van der Waals surface area contributed by atoms with E-state index in [9.17, 15) is 10.2 Å². The minimum Gasteiger partial charge on any atom is -0.361 e. The summed E-state index contributed by atoms with van der Waals surface area (Å²) >= 11 is 0. The molecule has 3 nitrogen and oxygen atoms in total. The smallest absolute Gasteiger partial charge is 0.203 e. The van der Waals surface area contributed by atoms with Crippen LogP contribution in [0.15, 0.2) is 30.3 Å². The van der Waals surface area contributed by atoms with Crippen LogP contribution >= 0.6 is 0 Å². The van der Waals surface area contributed by atoms with Crippen molar-refractivity contribution in [1.82, 2.24) is 0 Å². The molecule has 1 atom stereocenters. The topological polar surface area (TPSA) is 66.5 Å². The lowest BCUT2D eigenvalue weighted by atomic mass is 9.89. The van der Waals surface area contributed by atoms with E-state index in [0.717, 1.165) is 11.1 Å². The highest BCUT2D eigenvalue weighted by atomic mass is 16.5. The van der Waals surface area contributed by atoms with Crippen LogP contribution in [0.25, 0.3) is 6.08 Å². The second-order valence-corrected chi connectivity index (χ2v) is 3.22. The average Bonchev–Trinajstić information content (AvgIpc) is 2.13. The summed E-state index contributed by atoms with van der Waals surface area (Å²) in [4.78, 5) is 0. The lowest BCUT2D eigenvalue weighted by Crippen LogP contribution is -2.41. The molecule has 1 aliphatic rings. The van der Waals surface area contributed by atoms with E-state index >= 15 is 0 Å². The Hall–Kier alpha value is -1.16. The third-order valence-corrected chi connectivity index (χ3v) is 2.30. The molecule has 0 saturated heterocycles. The first-order valence-corrected chi connectivity index (χ1v) is 4.10. The van der Waals surface area contributed by atoms with Gasteiger partial charge in [0, 0.05) is 0 Å². The highest BCUT2D eigenvalue weighted by Gasteiger charge is 2.33. The Morgan fingerprint density at radius 2 is 1.92 bits per heavy atom. The summed E-state index contributed by atoms with van der Waals surface area (Å²) in [6.45, 7) is 0. The second kappa shape index (κ2) is 2.67. The summed E-state index contributed by atoms with van der Waals surface area (Å²) in [6.07, 6.45) is 2.97. The van der Waals surface area contributed by atoms with Crippen molar-refractivity contribution in [1.29, 1.82) is 0 Å². The van der Waals surface area contributed by atoms with Crippen LogP contribution in [0.1, 0.15) is 17.2 Å². The van der Waals surface area contributed by atoms with Crippen LogP contribution in [-0.4, -0.2) is 16.0 Å². The first-order chi connectivity index (χ1) is 6.11. The van der Waals surface area contributed by atoms with Crippen molar-refractivity contribution >= 4 is 6.08 Å². The maximum absolute atomic E-state index is 9.43. The Morgan fingerprint density at radius 1 is 1.23 bits per heavy atom. The molecule has 1 aromatic rings. The van der Waals surface area contributed by atoms with Crippen molar-refractivity contribution in [3.63, 3.8) is 0 Å². The van der Waals surface area contributed by atoms with Crippen LogP contribution < -0.4 is 5.73 Å². The Kier molecular flexibility index (Phi) is 1.73. The number of hydrogen-bond donors (Lipinski definition) is 3. The number of hydrogen-bond acceptors (Lipinski definition) is 3. The first-order valence-electron chi connectivity index (χ1n) is 4.10. The third kappa shape index (κ3) is 1.27. The molecule has 0 fully saturated rings. The molecular weight excluding hydrogens is 166 g/mol. The van der Waals surface area contributed by atoms with Gasteiger partial charge in [0.1, 0.15) is 0 Å². The van der Waals surface area contributed by atoms with Crippen LogP contribution in [0.3, 0.4) is 0 Å². The van der Waals surface area contributed by atoms with Gasteiger partial charge in [-0.15, -0.1) is 0 Å². The normalized spacial score (nSPS) is 24.1. The van der Waals surface area contributed by atoms with Crippen molar-refractivity contribution in [3.8, 4) is 0 Å². The molecule has 1 unspecified atom stereocenters. The molecular formula is C10H11NO2. The molecule has 4 N–H and O–H groups in total. The molecule has 1 aromatic carbocycles. The van der Waals surface area contributed by atoms with E-state index in [1.54, 1.807) is 12.1 Å². The molecule has 0 heterocycles. The highest BCUT2D eigenvalue weighted by Crippen LogP contribution is 2.31. The summed E-state index contributed by atoms with van der Waals surface area (Å²) in [5, 5.41) is 18.9. The van der Waals surface area contributed by atoms with Crippen molar-refractivity contribution in [2.45, 2.75) is 11.8 Å². The minimum absolute atomic E-state index is 0.759. The molecule has 13 heavy (non-hydrogen) atoms. The maximum Gasteiger partial charge on any atom is 0.203 e. The fourth-order valence-electron chi connectivity index (χ4n) is 1.49. The molecule has 0 aliphatic heterocycles. The van der Waals surface area contributed by atoms with E-state index in [0.29, 0.717) is 0 Å². The highest BCUT2D eigenvalue weighted by molar-refractivity contribution is 5.59. The molecule has 68 valence electrons. The van der Waals surface area contributed by atoms with Gasteiger partial charge in [0.15, 0.2) is 0 Å². The molecule has 3 heteroatoms. The van der Waals surface area contributed by atoms with Gasteiger partial charge in [0.05, 0.1) is 6.04 Å². The Bertz CT molecular complexity index is 358. The monoisotopic (exact) mass is 177 g/mol. The fraction of sp³-hybridized carbons (Fsp3) is 0.200. The van der Waals surface area contributed by atoms with E-state index in [1.807, 2.05) is 18.2 Å². The number of benzene rings is 1. The standard InChI is InChI=1S/C10H11NO2/c11-9-8-4-2-1-3-7(8)5-6-10(9,12)13/h1-6,9,12-13H,11H2. The summed E-state index contributed by atoms with van der Waals surface area (Å²) in [5.41, 5.74) is 7.37. The predicted octanol–water partition coefficient (Wildman–Crippen LogP) is 0.394. The van der Waals surface area contributed by atoms with Crippen LogP contribution in [0.2, 0.25) is 0 Å². The van der Waals surface area contributed by atoms with Crippen molar-refractivity contribution in [2.24, 2.45) is 5.73 Å². The zero-order valence-electron chi connectivity index (χ0n) is 7.01. The summed E-state index contributed by atoms with van der Waals surface area (Å²) in [6, 6.07) is 6.63. The van der Waals surface area contributed by atoms with Gasteiger partial charge >= 0.3 is 0 Å². The molecule has 0 spiro atoms. The summed E-state index contributed by atoms with van der Waals surface area (Å²) in [7, 11) is 0. The van der Waals surface area contributed by atoms with E-state index in [4.69, 9.17) is 5.73 Å². The zero-order valence-corrected chi connectivity index (χ0v) is 7.01. The summed E-state index contributed by atoms with van der Waals surface area (Å²) < 4.78 is 0. The van der Waals surface area contributed by atoms with Gasteiger partial charge in [-0.25, -0.2) is 0 Å². The lowest BCUT2D eigenvalue weighted by Gasteiger charge is -2.30. The van der Waals surface area contributed by atoms with E-state index in [-0.39, 0.29) is 0 Å². The van der Waals surface area contributed by atoms with E-state index in [1.165, 1.54) is 6.08 Å². The number of rotatable bonds is 0. The van der Waals surface area contributed by atoms with Gasteiger partial charge in [0.2, 0.25) is 5.79 Å². The Morgan fingerprint density at radius 3 is 2.69 bits per heavy atom. The average molecular weight is 177 g/mol. The van der Waals surface area contributed by atoms with E-state index in [2.05, 4.69) is 0 Å². The Labute approximate surface area is 76.1 Å². The predicted molar refractivity (Wildman–Crippen MR) is 49.6 cm³/mol. The number of fused-ring (bicyclic) bond motifs is 1. The third-order valence-electron chi connectivity index (χ3n) is 2.30. The quantitative estimate of drug-likeness (QED) is 0.502. The first kappa shape index (κ1) is 8.44. The van der Waals surface area contributed by atoms with Crippen molar-refractivity contribution in [2.75, 3.05) is 0 Å². The maximum atomic E-state index is 9.43. The molecule has 0 amide bonds. The van der Waals surface area contributed by atoms with Gasteiger partial charge < -0.3 is 15.9 Å². The van der Waals surface area contributed by atoms with E-state index < -0.39 is 11.8 Å². The van der Waals surface area contributed by atoms with Gasteiger partial charge in [-0.2, -0.15) is 0 Å². The lowest BCUT2D eigenvalue weighted by molar-refractivity contribution is -0.136. The number of aliphatic hydroxyl groups is 2.